The number of unbranched alkanes of at least 4 members (excludes halogenated alkanes) is 2. The van der Waals surface area contributed by atoms with E-state index in [1.165, 1.54) is 25.7 Å². The summed E-state index contributed by atoms with van der Waals surface area (Å²) >= 11 is 0. The molecule has 2 aromatic carbocycles. The number of rotatable bonds is 13. The third kappa shape index (κ3) is 7.88. The van der Waals surface area contributed by atoms with Gasteiger partial charge in [-0.3, -0.25) is 4.79 Å². The van der Waals surface area contributed by atoms with Gasteiger partial charge in [0.1, 0.15) is 28.8 Å². The maximum absolute atomic E-state index is 13.7. The molecule has 1 unspecified atom stereocenters. The van der Waals surface area contributed by atoms with Gasteiger partial charge >= 0.3 is 0 Å². The fourth-order valence-electron chi connectivity index (χ4n) is 3.79. The van der Waals surface area contributed by atoms with Crippen molar-refractivity contribution in [3.63, 3.8) is 0 Å². The molecule has 0 bridgehead atoms. The van der Waals surface area contributed by atoms with E-state index in [0.29, 0.717) is 6.61 Å². The van der Waals surface area contributed by atoms with Crippen molar-refractivity contribution in [2.24, 2.45) is 5.41 Å². The summed E-state index contributed by atoms with van der Waals surface area (Å²) < 4.78 is 11.4. The Labute approximate surface area is 198 Å². The van der Waals surface area contributed by atoms with Crippen LogP contribution in [0, 0.1) is 5.41 Å². The molecule has 0 aliphatic heterocycles. The summed E-state index contributed by atoms with van der Waals surface area (Å²) in [6.07, 6.45) is 4.75. The van der Waals surface area contributed by atoms with Gasteiger partial charge in [-0.15, -0.1) is 0 Å². The highest BCUT2D eigenvalue weighted by atomic mass is 32.2. The maximum Gasteiger partial charge on any atom is 0.215 e. The van der Waals surface area contributed by atoms with Gasteiger partial charge in [0.25, 0.3) is 0 Å². The van der Waals surface area contributed by atoms with Gasteiger partial charge in [-0.2, -0.15) is 0 Å². The molecular weight excluding hydrogens is 416 g/mol. The maximum atomic E-state index is 13.7. The van der Waals surface area contributed by atoms with Crippen LogP contribution in [0.5, 0.6) is 17.2 Å². The van der Waals surface area contributed by atoms with E-state index in [-0.39, 0.29) is 27.3 Å². The van der Waals surface area contributed by atoms with Crippen LogP contribution in [-0.2, 0) is 10.9 Å². The lowest BCUT2D eigenvalue weighted by molar-refractivity contribution is 0.0948. The first-order valence-corrected chi connectivity index (χ1v) is 13.6. The molecule has 0 fully saturated rings. The minimum Gasteiger partial charge on any atom is -0.494 e. The van der Waals surface area contributed by atoms with Gasteiger partial charge in [-0.25, -0.2) is 0 Å². The van der Waals surface area contributed by atoms with Gasteiger partial charge in [0, 0.05) is 11.0 Å². The van der Waals surface area contributed by atoms with Crippen molar-refractivity contribution in [1.29, 1.82) is 0 Å². The van der Waals surface area contributed by atoms with Crippen molar-refractivity contribution in [3.05, 3.63) is 54.1 Å². The second kappa shape index (κ2) is 12.9. The van der Waals surface area contributed by atoms with Crippen molar-refractivity contribution in [2.45, 2.75) is 72.5 Å². The Hall–Kier alpha value is -1.94. The SMILES string of the molecule is CCCC[S+](CCCC)C(C(=O)c1ccc(Oc2ccc(OCC)cc2)cc1)C(C)(C)C. The number of hydrogen-bond acceptors (Lipinski definition) is 3. The third-order valence-corrected chi connectivity index (χ3v) is 8.60. The zero-order chi connectivity index (χ0) is 23.6. The topological polar surface area (TPSA) is 35.5 Å². The molecule has 0 N–H and O–H groups in total. The Morgan fingerprint density at radius 1 is 0.812 bits per heavy atom. The molecule has 0 spiro atoms. The summed E-state index contributed by atoms with van der Waals surface area (Å²) in [6.45, 7) is 13.7. The second-order valence-corrected chi connectivity index (χ2v) is 11.7. The first-order valence-electron chi connectivity index (χ1n) is 12.0. The summed E-state index contributed by atoms with van der Waals surface area (Å²) in [4.78, 5) is 13.7. The van der Waals surface area contributed by atoms with E-state index in [2.05, 4.69) is 34.6 Å². The van der Waals surface area contributed by atoms with Crippen LogP contribution in [0.15, 0.2) is 48.5 Å². The van der Waals surface area contributed by atoms with E-state index in [9.17, 15) is 4.79 Å². The molecule has 0 saturated heterocycles. The average molecular weight is 458 g/mol. The number of carbonyl (C=O) groups is 1. The van der Waals surface area contributed by atoms with Crippen molar-refractivity contribution in [3.8, 4) is 17.2 Å². The molecule has 1 atom stereocenters. The van der Waals surface area contributed by atoms with Crippen molar-refractivity contribution >= 4 is 16.7 Å². The molecular formula is C28H41O3S+. The molecule has 3 nitrogen and oxygen atoms in total. The minimum absolute atomic E-state index is 0.0541. The normalized spacial score (nSPS) is 12.6. The lowest BCUT2D eigenvalue weighted by Crippen LogP contribution is -2.44. The zero-order valence-corrected chi connectivity index (χ0v) is 21.6. The van der Waals surface area contributed by atoms with E-state index < -0.39 is 0 Å². The van der Waals surface area contributed by atoms with Crippen LogP contribution in [-0.4, -0.2) is 29.1 Å². The Morgan fingerprint density at radius 2 is 1.28 bits per heavy atom. The minimum atomic E-state index is -0.0564. The summed E-state index contributed by atoms with van der Waals surface area (Å²) in [6, 6.07) is 15.2. The molecule has 0 aliphatic rings. The molecule has 0 saturated carbocycles. The lowest BCUT2D eigenvalue weighted by Gasteiger charge is -2.29. The molecule has 0 amide bonds. The van der Waals surface area contributed by atoms with Crippen LogP contribution in [0.25, 0.3) is 0 Å². The molecule has 4 heteroatoms. The predicted molar refractivity (Wildman–Crippen MR) is 139 cm³/mol. The second-order valence-electron chi connectivity index (χ2n) is 9.29. The first kappa shape index (κ1) is 26.3. The lowest BCUT2D eigenvalue weighted by atomic mass is 9.87. The van der Waals surface area contributed by atoms with Gasteiger partial charge in [0.05, 0.1) is 6.61 Å². The Bertz CT molecular complexity index is 798. The molecule has 0 aromatic heterocycles. The number of Topliss-reactive ketones (excluding diaryl/α,β-unsaturated/α-hetero) is 1. The van der Waals surface area contributed by atoms with Crippen LogP contribution >= 0.6 is 0 Å². The summed E-state index contributed by atoms with van der Waals surface area (Å²) in [5, 5.41) is 0.0541. The van der Waals surface area contributed by atoms with Crippen LogP contribution in [0.2, 0.25) is 0 Å². The summed E-state index contributed by atoms with van der Waals surface area (Å²) in [5.74, 6) is 4.90. The van der Waals surface area contributed by atoms with Crippen molar-refractivity contribution < 1.29 is 14.3 Å². The zero-order valence-electron chi connectivity index (χ0n) is 20.8. The first-order chi connectivity index (χ1) is 15.3. The molecule has 0 heterocycles. The van der Waals surface area contributed by atoms with Gasteiger partial charge in [-0.1, -0.05) is 47.5 Å². The van der Waals surface area contributed by atoms with E-state index in [1.54, 1.807) is 0 Å². The highest BCUT2D eigenvalue weighted by Gasteiger charge is 2.45. The van der Waals surface area contributed by atoms with Crippen LogP contribution < -0.4 is 9.47 Å². The van der Waals surface area contributed by atoms with E-state index in [4.69, 9.17) is 9.47 Å². The van der Waals surface area contributed by atoms with Gasteiger partial charge in [0.15, 0.2) is 5.25 Å². The van der Waals surface area contributed by atoms with Crippen LogP contribution in [0.4, 0.5) is 0 Å². The summed E-state index contributed by atoms with van der Waals surface area (Å²) in [7, 11) is 0.104. The number of carbonyl (C=O) groups excluding carboxylic acids is 1. The molecule has 2 aromatic rings. The number of benzene rings is 2. The highest BCUT2D eigenvalue weighted by Crippen LogP contribution is 2.33. The average Bonchev–Trinajstić information content (AvgIpc) is 2.76. The molecule has 176 valence electrons. The van der Waals surface area contributed by atoms with E-state index >= 15 is 0 Å². The largest absolute Gasteiger partial charge is 0.494 e. The molecule has 0 aliphatic carbocycles. The van der Waals surface area contributed by atoms with E-state index in [0.717, 1.165) is 34.3 Å². The Kier molecular flexibility index (Phi) is 10.6. The van der Waals surface area contributed by atoms with Gasteiger partial charge < -0.3 is 9.47 Å². The number of hydrogen-bond donors (Lipinski definition) is 0. The quantitative estimate of drug-likeness (QED) is 0.228. The molecule has 0 radical (unpaired) electrons. The van der Waals surface area contributed by atoms with Crippen LogP contribution in [0.3, 0.4) is 0 Å². The van der Waals surface area contributed by atoms with Crippen molar-refractivity contribution in [2.75, 3.05) is 18.1 Å². The Morgan fingerprint density at radius 3 is 1.72 bits per heavy atom. The van der Waals surface area contributed by atoms with Crippen LogP contribution in [0.1, 0.15) is 77.6 Å². The molecule has 32 heavy (non-hydrogen) atoms. The fraction of sp³-hybridized carbons (Fsp3) is 0.536. The Balaban J connectivity index is 2.17. The monoisotopic (exact) mass is 457 g/mol. The smallest absolute Gasteiger partial charge is 0.215 e. The molecule has 2 rings (SSSR count). The highest BCUT2D eigenvalue weighted by molar-refractivity contribution is 7.98. The van der Waals surface area contributed by atoms with E-state index in [1.807, 2.05) is 55.5 Å². The number of ether oxygens (including phenoxy) is 2. The predicted octanol–water partition coefficient (Wildman–Crippen LogP) is 7.69. The van der Waals surface area contributed by atoms with Gasteiger partial charge in [0.2, 0.25) is 5.78 Å². The summed E-state index contributed by atoms with van der Waals surface area (Å²) in [5.41, 5.74) is 0.730. The van der Waals surface area contributed by atoms with Crippen molar-refractivity contribution in [1.82, 2.24) is 0 Å². The third-order valence-electron chi connectivity index (χ3n) is 5.39. The van der Waals surface area contributed by atoms with Gasteiger partial charge in [-0.05, 0) is 79.2 Å². The standard InChI is InChI=1S/C28H41O3S/c1-7-10-20-32(21-11-8-2)27(28(4,5)6)26(29)22-12-14-24(15-13-22)31-25-18-16-23(17-19-25)30-9-3/h12-19,27H,7-11,20-21H2,1-6H3/q+1. The number of ketones is 1. The fourth-order valence-corrected chi connectivity index (χ4v) is 7.22.